The van der Waals surface area contributed by atoms with Gasteiger partial charge in [-0.1, -0.05) is 12.1 Å². The third-order valence-corrected chi connectivity index (χ3v) is 4.00. The van der Waals surface area contributed by atoms with E-state index in [4.69, 9.17) is 4.74 Å². The van der Waals surface area contributed by atoms with Gasteiger partial charge in [0.15, 0.2) is 6.04 Å². The van der Waals surface area contributed by atoms with Crippen molar-refractivity contribution in [3.63, 3.8) is 0 Å². The quantitative estimate of drug-likeness (QED) is 0.784. The van der Waals surface area contributed by atoms with Crippen LogP contribution in [-0.2, 0) is 16.0 Å². The van der Waals surface area contributed by atoms with Crippen molar-refractivity contribution in [2.45, 2.75) is 32.9 Å². The normalized spacial score (nSPS) is 12.1. The summed E-state index contributed by atoms with van der Waals surface area (Å²) in [7, 11) is 1.48. The molecule has 2 N–H and O–H groups in total. The van der Waals surface area contributed by atoms with E-state index in [0.29, 0.717) is 27.3 Å². The number of carboxylic acid groups (broad SMARTS) is 1. The SMILES string of the molecule is COc1ccc(C(NC(=O)Cc2c(C)nn(C(F)F)c2C)C(=O)O)cc1. The summed E-state index contributed by atoms with van der Waals surface area (Å²) >= 11 is 0. The van der Waals surface area contributed by atoms with E-state index in [1.54, 1.807) is 12.1 Å². The molecule has 1 aromatic carbocycles. The molecule has 140 valence electrons. The minimum absolute atomic E-state index is 0.170. The number of alkyl halides is 2. The van der Waals surface area contributed by atoms with Gasteiger partial charge in [-0.2, -0.15) is 13.9 Å². The first-order valence-corrected chi connectivity index (χ1v) is 7.73. The van der Waals surface area contributed by atoms with E-state index in [2.05, 4.69) is 10.4 Å². The molecule has 0 saturated carbocycles. The first kappa shape index (κ1) is 19.4. The number of halogens is 2. The number of hydrogen-bond donors (Lipinski definition) is 2. The smallest absolute Gasteiger partial charge is 0.333 e. The van der Waals surface area contributed by atoms with E-state index in [1.807, 2.05) is 0 Å². The lowest BCUT2D eigenvalue weighted by Gasteiger charge is -2.15. The minimum atomic E-state index is -2.81. The fourth-order valence-corrected chi connectivity index (χ4v) is 2.60. The van der Waals surface area contributed by atoms with E-state index in [0.717, 1.165) is 0 Å². The zero-order chi connectivity index (χ0) is 19.4. The van der Waals surface area contributed by atoms with Gasteiger partial charge in [-0.05, 0) is 31.5 Å². The van der Waals surface area contributed by atoms with Gasteiger partial charge in [-0.15, -0.1) is 0 Å². The molecular formula is C17H19F2N3O4. The summed E-state index contributed by atoms with van der Waals surface area (Å²) in [5, 5.41) is 15.5. The van der Waals surface area contributed by atoms with Gasteiger partial charge in [0, 0.05) is 11.3 Å². The fourth-order valence-electron chi connectivity index (χ4n) is 2.60. The highest BCUT2D eigenvalue weighted by Gasteiger charge is 2.24. The fraction of sp³-hybridized carbons (Fsp3) is 0.353. The van der Waals surface area contributed by atoms with Gasteiger partial charge < -0.3 is 15.2 Å². The van der Waals surface area contributed by atoms with Crippen LogP contribution in [0, 0.1) is 13.8 Å². The first-order chi connectivity index (χ1) is 12.2. The van der Waals surface area contributed by atoms with Gasteiger partial charge in [-0.25, -0.2) is 9.48 Å². The summed E-state index contributed by atoms with van der Waals surface area (Å²) in [6.07, 6.45) is -0.246. The monoisotopic (exact) mass is 367 g/mol. The molecule has 0 spiro atoms. The van der Waals surface area contributed by atoms with Gasteiger partial charge in [0.2, 0.25) is 5.91 Å². The van der Waals surface area contributed by atoms with Crippen LogP contribution in [0.25, 0.3) is 0 Å². The molecule has 0 fully saturated rings. The van der Waals surface area contributed by atoms with Gasteiger partial charge >= 0.3 is 12.5 Å². The van der Waals surface area contributed by atoms with Gasteiger partial charge in [-0.3, -0.25) is 4.79 Å². The number of rotatable bonds is 7. The molecule has 0 bridgehead atoms. The predicted octanol–water partition coefficient (Wildman–Crippen LogP) is 2.39. The standard InChI is InChI=1S/C17H19F2N3O4/c1-9-13(10(2)22(21-9)17(18)19)8-14(23)20-15(16(24)25)11-4-6-12(26-3)7-5-11/h4-7,15,17H,8H2,1-3H3,(H,20,23)(H,24,25). The Bertz CT molecular complexity index is 803. The number of ether oxygens (including phenoxy) is 1. The Morgan fingerprint density at radius 1 is 1.27 bits per heavy atom. The number of carboxylic acids is 1. The largest absolute Gasteiger partial charge is 0.497 e. The number of nitrogens with one attached hydrogen (secondary N) is 1. The van der Waals surface area contributed by atoms with Crippen LogP contribution in [-0.4, -0.2) is 33.9 Å². The van der Waals surface area contributed by atoms with Crippen molar-refractivity contribution in [1.82, 2.24) is 15.1 Å². The van der Waals surface area contributed by atoms with Crippen LogP contribution in [0.4, 0.5) is 8.78 Å². The van der Waals surface area contributed by atoms with Gasteiger partial charge in [0.25, 0.3) is 0 Å². The summed E-state index contributed by atoms with van der Waals surface area (Å²) in [6, 6.07) is 4.96. The minimum Gasteiger partial charge on any atom is -0.497 e. The Labute approximate surface area is 148 Å². The number of amides is 1. The number of benzene rings is 1. The van der Waals surface area contributed by atoms with Crippen LogP contribution in [0.2, 0.25) is 0 Å². The number of methoxy groups -OCH3 is 1. The molecule has 9 heteroatoms. The predicted molar refractivity (Wildman–Crippen MR) is 88.2 cm³/mol. The molecule has 0 radical (unpaired) electrons. The molecule has 0 aliphatic rings. The number of aliphatic carboxylic acids is 1. The van der Waals surface area contributed by atoms with Crippen LogP contribution in [0.1, 0.15) is 35.1 Å². The Balaban J connectivity index is 2.17. The molecule has 1 unspecified atom stereocenters. The maximum absolute atomic E-state index is 12.9. The van der Waals surface area contributed by atoms with E-state index in [9.17, 15) is 23.5 Å². The lowest BCUT2D eigenvalue weighted by molar-refractivity contribution is -0.141. The van der Waals surface area contributed by atoms with Crippen molar-refractivity contribution in [1.29, 1.82) is 0 Å². The number of nitrogens with zero attached hydrogens (tertiary/aromatic N) is 2. The maximum atomic E-state index is 12.9. The number of carbonyl (C=O) groups excluding carboxylic acids is 1. The van der Waals surface area contributed by atoms with E-state index in [-0.39, 0.29) is 12.1 Å². The van der Waals surface area contributed by atoms with E-state index in [1.165, 1.54) is 33.1 Å². The van der Waals surface area contributed by atoms with Crippen molar-refractivity contribution in [3.8, 4) is 5.75 Å². The highest BCUT2D eigenvalue weighted by molar-refractivity contribution is 5.86. The van der Waals surface area contributed by atoms with Gasteiger partial charge in [0.1, 0.15) is 5.75 Å². The number of aromatic nitrogens is 2. The van der Waals surface area contributed by atoms with Crippen molar-refractivity contribution >= 4 is 11.9 Å². The van der Waals surface area contributed by atoms with Crippen molar-refractivity contribution in [3.05, 3.63) is 46.8 Å². The Hall–Kier alpha value is -2.97. The van der Waals surface area contributed by atoms with Crippen LogP contribution < -0.4 is 10.1 Å². The molecule has 0 aliphatic heterocycles. The van der Waals surface area contributed by atoms with Crippen LogP contribution in [0.3, 0.4) is 0 Å². The summed E-state index contributed by atoms with van der Waals surface area (Å²) in [5.41, 5.74) is 1.18. The molecule has 2 aromatic rings. The molecule has 7 nitrogen and oxygen atoms in total. The van der Waals surface area contributed by atoms with Crippen LogP contribution in [0.15, 0.2) is 24.3 Å². The number of hydrogen-bond acceptors (Lipinski definition) is 4. The third-order valence-electron chi connectivity index (χ3n) is 4.00. The highest BCUT2D eigenvalue weighted by Crippen LogP contribution is 2.21. The van der Waals surface area contributed by atoms with Crippen molar-refractivity contribution < 1.29 is 28.2 Å². The molecule has 2 rings (SSSR count). The van der Waals surface area contributed by atoms with E-state index >= 15 is 0 Å². The molecule has 1 amide bonds. The summed E-state index contributed by atoms with van der Waals surface area (Å²) in [6.45, 7) is 0.149. The molecule has 1 atom stereocenters. The number of carbonyl (C=O) groups is 2. The molecule has 26 heavy (non-hydrogen) atoms. The molecular weight excluding hydrogens is 348 g/mol. The Morgan fingerprint density at radius 2 is 1.88 bits per heavy atom. The molecule has 0 saturated heterocycles. The average Bonchev–Trinajstić information content (AvgIpc) is 2.88. The molecule has 1 aromatic heterocycles. The molecule has 0 aliphatic carbocycles. The summed E-state index contributed by atoms with van der Waals surface area (Å²) in [4.78, 5) is 23.8. The third kappa shape index (κ3) is 4.16. The lowest BCUT2D eigenvalue weighted by Crippen LogP contribution is -2.34. The van der Waals surface area contributed by atoms with Crippen molar-refractivity contribution in [2.75, 3.05) is 7.11 Å². The van der Waals surface area contributed by atoms with Crippen LogP contribution >= 0.6 is 0 Å². The Morgan fingerprint density at radius 3 is 2.35 bits per heavy atom. The lowest BCUT2D eigenvalue weighted by atomic mass is 10.1. The van der Waals surface area contributed by atoms with Crippen molar-refractivity contribution in [2.24, 2.45) is 0 Å². The second-order valence-electron chi connectivity index (χ2n) is 5.66. The topological polar surface area (TPSA) is 93.5 Å². The summed E-state index contributed by atoms with van der Waals surface area (Å²) < 4.78 is 31.3. The number of aryl methyl sites for hydroxylation is 1. The Kier molecular flexibility index (Phi) is 5.91. The molecule has 1 heterocycles. The zero-order valence-corrected chi connectivity index (χ0v) is 14.5. The highest BCUT2D eigenvalue weighted by atomic mass is 19.3. The average molecular weight is 367 g/mol. The first-order valence-electron chi connectivity index (χ1n) is 7.73. The second kappa shape index (κ2) is 7.94. The maximum Gasteiger partial charge on any atom is 0.333 e. The summed E-state index contributed by atoms with van der Waals surface area (Å²) in [5.74, 6) is -1.29. The second-order valence-corrected chi connectivity index (χ2v) is 5.66. The van der Waals surface area contributed by atoms with Gasteiger partial charge in [0.05, 0.1) is 19.2 Å². The van der Waals surface area contributed by atoms with Crippen LogP contribution in [0.5, 0.6) is 5.75 Å². The van der Waals surface area contributed by atoms with E-state index < -0.39 is 24.5 Å². The zero-order valence-electron chi connectivity index (χ0n) is 14.5.